The third kappa shape index (κ3) is 6.59. The van der Waals surface area contributed by atoms with Crippen LogP contribution in [0.3, 0.4) is 0 Å². The van der Waals surface area contributed by atoms with Gasteiger partial charge in [0.1, 0.15) is 11.5 Å². The number of rotatable bonds is 8. The van der Waals surface area contributed by atoms with Crippen LogP contribution in [0.15, 0.2) is 72.8 Å². The van der Waals surface area contributed by atoms with Crippen molar-refractivity contribution < 1.29 is 23.9 Å². The molecule has 3 aromatic rings. The van der Waals surface area contributed by atoms with Crippen molar-refractivity contribution >= 4 is 29.2 Å². The molecular weight excluding hydrogens is 480 g/mol. The molecule has 1 atom stereocenters. The predicted octanol–water partition coefficient (Wildman–Crippen LogP) is 5.87. The number of nitrogens with zero attached hydrogens (tertiary/aromatic N) is 1. The fraction of sp³-hybridized carbons (Fsp3) is 0.323. The molecule has 1 fully saturated rings. The molecule has 198 valence electrons. The van der Waals surface area contributed by atoms with Crippen LogP contribution < -0.4 is 15.0 Å². The van der Waals surface area contributed by atoms with Gasteiger partial charge in [0.25, 0.3) is 5.91 Å². The lowest BCUT2D eigenvalue weighted by Gasteiger charge is -2.19. The molecule has 1 saturated heterocycles. The van der Waals surface area contributed by atoms with E-state index in [1.165, 1.54) is 5.56 Å². The summed E-state index contributed by atoms with van der Waals surface area (Å²) in [5.41, 5.74) is 3.67. The lowest BCUT2D eigenvalue weighted by molar-refractivity contribution is -0.151. The normalized spacial score (nSPS) is 15.3. The maximum absolute atomic E-state index is 12.6. The Morgan fingerprint density at radius 3 is 2.21 bits per heavy atom. The smallest absolute Gasteiger partial charge is 0.311 e. The summed E-state index contributed by atoms with van der Waals surface area (Å²) in [7, 11) is 0. The first kappa shape index (κ1) is 26.9. The van der Waals surface area contributed by atoms with Crippen LogP contribution in [0, 0.1) is 5.92 Å². The summed E-state index contributed by atoms with van der Waals surface area (Å²) < 4.78 is 11.2. The van der Waals surface area contributed by atoms with Gasteiger partial charge in [-0.15, -0.1) is 0 Å². The highest BCUT2D eigenvalue weighted by atomic mass is 16.5. The van der Waals surface area contributed by atoms with Gasteiger partial charge in [0.2, 0.25) is 5.91 Å². The van der Waals surface area contributed by atoms with Crippen molar-refractivity contribution in [3.63, 3.8) is 0 Å². The molecule has 38 heavy (non-hydrogen) atoms. The summed E-state index contributed by atoms with van der Waals surface area (Å²) >= 11 is 0. The Hall–Kier alpha value is -4.13. The second-order valence-corrected chi connectivity index (χ2v) is 10.4. The molecule has 1 aliphatic heterocycles. The molecule has 0 unspecified atom stereocenters. The Labute approximate surface area is 223 Å². The SMILES string of the molecule is CCc1ccccc1NC(=O)COC(=O)[C@H]1CC(=O)N(c2ccc(Oc3ccc(C(C)(C)C)cc3)cc2)C1. The summed E-state index contributed by atoms with van der Waals surface area (Å²) in [5.74, 6) is -0.388. The number of carbonyl (C=O) groups excluding carboxylic acids is 3. The number of esters is 1. The highest BCUT2D eigenvalue weighted by molar-refractivity contribution is 6.00. The first-order valence-electron chi connectivity index (χ1n) is 12.9. The highest BCUT2D eigenvalue weighted by Crippen LogP contribution is 2.30. The maximum Gasteiger partial charge on any atom is 0.311 e. The maximum atomic E-state index is 12.6. The molecule has 0 spiro atoms. The number of amides is 2. The highest BCUT2D eigenvalue weighted by Gasteiger charge is 2.36. The predicted molar refractivity (Wildman–Crippen MR) is 148 cm³/mol. The van der Waals surface area contributed by atoms with Gasteiger partial charge >= 0.3 is 5.97 Å². The Morgan fingerprint density at radius 2 is 1.58 bits per heavy atom. The number of anilines is 2. The van der Waals surface area contributed by atoms with Gasteiger partial charge in [-0.05, 0) is 65.4 Å². The molecule has 7 nitrogen and oxygen atoms in total. The molecule has 2 amide bonds. The fourth-order valence-electron chi connectivity index (χ4n) is 4.36. The van der Waals surface area contributed by atoms with Crippen LogP contribution in [0.4, 0.5) is 11.4 Å². The Morgan fingerprint density at radius 1 is 0.947 bits per heavy atom. The van der Waals surface area contributed by atoms with Gasteiger partial charge < -0.3 is 19.7 Å². The van der Waals surface area contributed by atoms with E-state index in [1.54, 1.807) is 29.2 Å². The van der Waals surface area contributed by atoms with Gasteiger partial charge in [0, 0.05) is 24.3 Å². The van der Waals surface area contributed by atoms with E-state index in [2.05, 4.69) is 38.2 Å². The third-order valence-corrected chi connectivity index (χ3v) is 6.58. The molecule has 4 rings (SSSR count). The summed E-state index contributed by atoms with van der Waals surface area (Å²) in [6, 6.07) is 22.7. The molecule has 1 N–H and O–H groups in total. The van der Waals surface area contributed by atoms with E-state index in [1.807, 2.05) is 43.3 Å². The number of para-hydroxylation sites is 1. The monoisotopic (exact) mass is 514 g/mol. The van der Waals surface area contributed by atoms with Gasteiger partial charge in [-0.25, -0.2) is 0 Å². The molecule has 1 heterocycles. The third-order valence-electron chi connectivity index (χ3n) is 6.58. The minimum absolute atomic E-state index is 0.0392. The van der Waals surface area contributed by atoms with Crippen molar-refractivity contribution in [2.75, 3.05) is 23.4 Å². The van der Waals surface area contributed by atoms with Crippen LogP contribution in [0.5, 0.6) is 11.5 Å². The molecule has 3 aromatic carbocycles. The van der Waals surface area contributed by atoms with E-state index in [-0.39, 0.29) is 24.3 Å². The van der Waals surface area contributed by atoms with Gasteiger partial charge in [0.05, 0.1) is 5.92 Å². The largest absolute Gasteiger partial charge is 0.457 e. The van der Waals surface area contributed by atoms with E-state index in [0.29, 0.717) is 17.1 Å². The standard InChI is InChI=1S/C31H34N2O5/c1-5-21-8-6-7-9-27(21)32-28(34)20-37-30(36)22-18-29(35)33(19-22)24-12-16-26(17-13-24)38-25-14-10-23(11-15-25)31(2,3)4/h6-17,22H,5,18-20H2,1-4H3,(H,32,34)/t22-/m0/s1. The lowest BCUT2D eigenvalue weighted by atomic mass is 9.87. The second-order valence-electron chi connectivity index (χ2n) is 10.4. The molecule has 0 saturated carbocycles. The van der Waals surface area contributed by atoms with Gasteiger partial charge in [0.15, 0.2) is 6.61 Å². The number of nitrogens with one attached hydrogen (secondary N) is 1. The van der Waals surface area contributed by atoms with Crippen LogP contribution in [-0.4, -0.2) is 30.9 Å². The van der Waals surface area contributed by atoms with Crippen LogP contribution in [0.2, 0.25) is 0 Å². The van der Waals surface area contributed by atoms with E-state index in [0.717, 1.165) is 17.7 Å². The van der Waals surface area contributed by atoms with E-state index >= 15 is 0 Å². The number of ether oxygens (including phenoxy) is 2. The molecule has 7 heteroatoms. The van der Waals surface area contributed by atoms with Crippen molar-refractivity contribution in [3.8, 4) is 11.5 Å². The zero-order chi connectivity index (χ0) is 27.3. The fourth-order valence-corrected chi connectivity index (χ4v) is 4.36. The summed E-state index contributed by atoms with van der Waals surface area (Å²) in [6.45, 7) is 8.29. The Balaban J connectivity index is 1.29. The van der Waals surface area contributed by atoms with Crippen molar-refractivity contribution in [1.82, 2.24) is 0 Å². The minimum atomic E-state index is -0.629. The zero-order valence-corrected chi connectivity index (χ0v) is 22.3. The van der Waals surface area contributed by atoms with E-state index in [4.69, 9.17) is 9.47 Å². The van der Waals surface area contributed by atoms with E-state index in [9.17, 15) is 14.4 Å². The van der Waals surface area contributed by atoms with Crippen molar-refractivity contribution in [2.24, 2.45) is 5.92 Å². The average molecular weight is 515 g/mol. The van der Waals surface area contributed by atoms with Gasteiger partial charge in [-0.3, -0.25) is 14.4 Å². The van der Waals surface area contributed by atoms with Crippen LogP contribution in [-0.2, 0) is 31.0 Å². The Bertz CT molecular complexity index is 1290. The van der Waals surface area contributed by atoms with Crippen LogP contribution in [0.1, 0.15) is 45.2 Å². The molecule has 0 bridgehead atoms. The molecule has 0 aliphatic carbocycles. The quantitative estimate of drug-likeness (QED) is 0.380. The Kier molecular flexibility index (Phi) is 8.15. The summed E-state index contributed by atoms with van der Waals surface area (Å²) in [4.78, 5) is 39.1. The van der Waals surface area contributed by atoms with Crippen molar-refractivity contribution in [1.29, 1.82) is 0 Å². The number of carbonyl (C=O) groups is 3. The van der Waals surface area contributed by atoms with Gasteiger partial charge in [-0.1, -0.05) is 58.0 Å². The second kappa shape index (κ2) is 11.5. The van der Waals surface area contributed by atoms with Gasteiger partial charge in [-0.2, -0.15) is 0 Å². The topological polar surface area (TPSA) is 84.9 Å². The first-order valence-corrected chi connectivity index (χ1v) is 12.9. The van der Waals surface area contributed by atoms with Crippen molar-refractivity contribution in [2.45, 2.75) is 46.0 Å². The molecular formula is C31H34N2O5. The summed E-state index contributed by atoms with van der Waals surface area (Å²) in [6.07, 6.45) is 0.811. The molecule has 1 aliphatic rings. The number of hydrogen-bond acceptors (Lipinski definition) is 5. The van der Waals surface area contributed by atoms with Crippen molar-refractivity contribution in [3.05, 3.63) is 83.9 Å². The van der Waals surface area contributed by atoms with Crippen LogP contribution >= 0.6 is 0 Å². The van der Waals surface area contributed by atoms with Crippen LogP contribution in [0.25, 0.3) is 0 Å². The van der Waals surface area contributed by atoms with E-state index < -0.39 is 24.4 Å². The summed E-state index contributed by atoms with van der Waals surface area (Å²) in [5, 5.41) is 2.78. The average Bonchev–Trinajstić information content (AvgIpc) is 3.29. The molecule has 0 radical (unpaired) electrons. The number of aryl methyl sites for hydroxylation is 1. The number of benzene rings is 3. The first-order chi connectivity index (χ1) is 18.1. The number of hydrogen-bond donors (Lipinski definition) is 1. The minimum Gasteiger partial charge on any atom is -0.457 e. The zero-order valence-electron chi connectivity index (χ0n) is 22.3. The molecule has 0 aromatic heterocycles. The lowest BCUT2D eigenvalue weighted by Crippen LogP contribution is -2.28.